The minimum atomic E-state index is -0.0669. The first kappa shape index (κ1) is 15.7. The molecule has 2 heterocycles. The van der Waals surface area contributed by atoms with Crippen molar-refractivity contribution < 1.29 is 5.11 Å². The zero-order chi connectivity index (χ0) is 14.7. The molecular weight excluding hydrogens is 272 g/mol. The fraction of sp³-hybridized carbons (Fsp3) is 0.857. The van der Waals surface area contributed by atoms with Crippen LogP contribution in [-0.2, 0) is 20.3 Å². The lowest BCUT2D eigenvalue weighted by molar-refractivity contribution is 0.205. The molecule has 6 heteroatoms. The van der Waals surface area contributed by atoms with Crippen LogP contribution in [0.2, 0.25) is 0 Å². The predicted molar refractivity (Wildman–Crippen MR) is 81.7 cm³/mol. The van der Waals surface area contributed by atoms with Gasteiger partial charge in [0.2, 0.25) is 0 Å². The van der Waals surface area contributed by atoms with Crippen molar-refractivity contribution in [1.82, 2.24) is 19.2 Å². The first-order chi connectivity index (χ1) is 9.52. The van der Waals surface area contributed by atoms with E-state index in [0.717, 1.165) is 31.6 Å². The summed E-state index contributed by atoms with van der Waals surface area (Å²) in [7, 11) is 1.86. The maximum Gasteiger partial charge on any atom is 0.198 e. The van der Waals surface area contributed by atoms with Crippen molar-refractivity contribution in [3.05, 3.63) is 10.6 Å². The van der Waals surface area contributed by atoms with E-state index in [1.807, 2.05) is 11.7 Å². The summed E-state index contributed by atoms with van der Waals surface area (Å²) < 4.78 is 4.29. The highest BCUT2D eigenvalue weighted by Gasteiger charge is 2.20. The highest BCUT2D eigenvalue weighted by atomic mass is 32.1. The Morgan fingerprint density at radius 1 is 1.35 bits per heavy atom. The first-order valence-corrected chi connectivity index (χ1v) is 7.89. The molecule has 114 valence electrons. The SMILES string of the molecule is CC(C)C1CCCN(Cn2nc(CO)n(C)c2=S)CC1. The lowest BCUT2D eigenvalue weighted by atomic mass is 9.89. The van der Waals surface area contributed by atoms with Crippen LogP contribution in [-0.4, -0.2) is 37.4 Å². The van der Waals surface area contributed by atoms with Crippen molar-refractivity contribution in [1.29, 1.82) is 0 Å². The molecule has 1 atom stereocenters. The van der Waals surface area contributed by atoms with Gasteiger partial charge in [0.15, 0.2) is 10.6 Å². The third-order valence-corrected chi connectivity index (χ3v) is 4.90. The van der Waals surface area contributed by atoms with Crippen molar-refractivity contribution in [3.8, 4) is 0 Å². The van der Waals surface area contributed by atoms with Crippen LogP contribution in [0.3, 0.4) is 0 Å². The fourth-order valence-electron chi connectivity index (χ4n) is 2.94. The number of hydrogen-bond acceptors (Lipinski definition) is 4. The summed E-state index contributed by atoms with van der Waals surface area (Å²) in [6.07, 6.45) is 3.82. The normalized spacial score (nSPS) is 21.4. The fourth-order valence-corrected chi connectivity index (χ4v) is 3.15. The number of hydrogen-bond donors (Lipinski definition) is 1. The van der Waals surface area contributed by atoms with Gasteiger partial charge in [-0.1, -0.05) is 13.8 Å². The van der Waals surface area contributed by atoms with Gasteiger partial charge in [-0.05, 0) is 49.9 Å². The smallest absolute Gasteiger partial charge is 0.198 e. The summed E-state index contributed by atoms with van der Waals surface area (Å²) in [5.74, 6) is 2.24. The molecule has 1 N–H and O–H groups in total. The summed E-state index contributed by atoms with van der Waals surface area (Å²) in [5, 5.41) is 13.6. The molecule has 1 aromatic rings. The monoisotopic (exact) mass is 298 g/mol. The Morgan fingerprint density at radius 2 is 2.10 bits per heavy atom. The molecule has 0 aliphatic carbocycles. The summed E-state index contributed by atoms with van der Waals surface area (Å²) in [6.45, 7) is 7.52. The lowest BCUT2D eigenvalue weighted by Gasteiger charge is -2.21. The summed E-state index contributed by atoms with van der Waals surface area (Å²) >= 11 is 5.37. The van der Waals surface area contributed by atoms with Gasteiger partial charge in [-0.2, -0.15) is 5.10 Å². The molecule has 1 aromatic heterocycles. The Hall–Kier alpha value is -0.720. The minimum Gasteiger partial charge on any atom is -0.388 e. The van der Waals surface area contributed by atoms with Crippen molar-refractivity contribution in [2.75, 3.05) is 13.1 Å². The highest BCUT2D eigenvalue weighted by molar-refractivity contribution is 7.71. The number of rotatable bonds is 4. The lowest BCUT2D eigenvalue weighted by Crippen LogP contribution is -2.28. The number of aliphatic hydroxyl groups excluding tert-OH is 1. The largest absolute Gasteiger partial charge is 0.388 e. The Bertz CT molecular complexity index is 494. The Labute approximate surface area is 126 Å². The van der Waals surface area contributed by atoms with Gasteiger partial charge in [0.1, 0.15) is 6.61 Å². The molecule has 1 aliphatic heterocycles. The summed E-state index contributed by atoms with van der Waals surface area (Å²) in [5.41, 5.74) is 0. The van der Waals surface area contributed by atoms with Gasteiger partial charge in [-0.3, -0.25) is 4.90 Å². The average molecular weight is 298 g/mol. The van der Waals surface area contributed by atoms with Crippen LogP contribution in [0.25, 0.3) is 0 Å². The van der Waals surface area contributed by atoms with Gasteiger partial charge < -0.3 is 9.67 Å². The maximum absolute atomic E-state index is 9.25. The van der Waals surface area contributed by atoms with E-state index in [0.29, 0.717) is 10.6 Å². The molecule has 1 unspecified atom stereocenters. The van der Waals surface area contributed by atoms with Gasteiger partial charge in [0.25, 0.3) is 0 Å². The second-order valence-electron chi connectivity index (χ2n) is 6.11. The molecule has 0 aromatic carbocycles. The van der Waals surface area contributed by atoms with Gasteiger partial charge in [0, 0.05) is 13.6 Å². The Morgan fingerprint density at radius 3 is 2.70 bits per heavy atom. The predicted octanol–water partition coefficient (Wildman–Crippen LogP) is 2.16. The standard InChI is InChI=1S/C14H26N4OS/c1-11(2)12-5-4-7-17(8-6-12)10-18-14(20)16(3)13(9-19)15-18/h11-12,19H,4-10H2,1-3H3. The second kappa shape index (κ2) is 6.83. The van der Waals surface area contributed by atoms with E-state index in [2.05, 4.69) is 23.8 Å². The van der Waals surface area contributed by atoms with E-state index in [-0.39, 0.29) is 6.61 Å². The molecule has 0 radical (unpaired) electrons. The van der Waals surface area contributed by atoms with E-state index >= 15 is 0 Å². The van der Waals surface area contributed by atoms with Crippen LogP contribution in [0.5, 0.6) is 0 Å². The maximum atomic E-state index is 9.25. The van der Waals surface area contributed by atoms with Crippen LogP contribution in [0.4, 0.5) is 0 Å². The van der Waals surface area contributed by atoms with E-state index < -0.39 is 0 Å². The van der Waals surface area contributed by atoms with Crippen LogP contribution in [0, 0.1) is 16.6 Å². The third-order valence-electron chi connectivity index (χ3n) is 4.41. The average Bonchev–Trinajstić information content (AvgIpc) is 2.61. The van der Waals surface area contributed by atoms with Crippen molar-refractivity contribution in [2.45, 2.75) is 46.4 Å². The molecule has 0 amide bonds. The molecular formula is C14H26N4OS. The highest BCUT2D eigenvalue weighted by Crippen LogP contribution is 2.24. The molecule has 1 saturated heterocycles. The van der Waals surface area contributed by atoms with Gasteiger partial charge in [-0.15, -0.1) is 0 Å². The number of aromatic nitrogens is 3. The van der Waals surface area contributed by atoms with Crippen LogP contribution in [0.1, 0.15) is 38.9 Å². The molecule has 0 saturated carbocycles. The van der Waals surface area contributed by atoms with E-state index in [1.54, 1.807) is 4.57 Å². The van der Waals surface area contributed by atoms with E-state index in [4.69, 9.17) is 12.2 Å². The van der Waals surface area contributed by atoms with Gasteiger partial charge >= 0.3 is 0 Å². The summed E-state index contributed by atoms with van der Waals surface area (Å²) in [4.78, 5) is 2.42. The second-order valence-corrected chi connectivity index (χ2v) is 6.48. The summed E-state index contributed by atoms with van der Waals surface area (Å²) in [6, 6.07) is 0. The molecule has 2 rings (SSSR count). The number of aliphatic hydroxyl groups is 1. The third kappa shape index (κ3) is 3.48. The van der Waals surface area contributed by atoms with Crippen LogP contribution >= 0.6 is 12.2 Å². The number of nitrogens with zero attached hydrogens (tertiary/aromatic N) is 4. The van der Waals surface area contributed by atoms with Crippen molar-refractivity contribution >= 4 is 12.2 Å². The molecule has 20 heavy (non-hydrogen) atoms. The quantitative estimate of drug-likeness (QED) is 0.865. The first-order valence-electron chi connectivity index (χ1n) is 7.48. The molecule has 5 nitrogen and oxygen atoms in total. The van der Waals surface area contributed by atoms with Gasteiger partial charge in [-0.25, -0.2) is 4.68 Å². The van der Waals surface area contributed by atoms with Gasteiger partial charge in [0.05, 0.1) is 6.67 Å². The molecule has 0 spiro atoms. The molecule has 1 fully saturated rings. The van der Waals surface area contributed by atoms with Crippen molar-refractivity contribution in [2.24, 2.45) is 18.9 Å². The minimum absolute atomic E-state index is 0.0669. The zero-order valence-electron chi connectivity index (χ0n) is 12.7. The Balaban J connectivity index is 2.02. The molecule has 1 aliphatic rings. The van der Waals surface area contributed by atoms with Crippen molar-refractivity contribution in [3.63, 3.8) is 0 Å². The van der Waals surface area contributed by atoms with Crippen LogP contribution < -0.4 is 0 Å². The van der Waals surface area contributed by atoms with Crippen LogP contribution in [0.15, 0.2) is 0 Å². The van der Waals surface area contributed by atoms with E-state index in [9.17, 15) is 5.11 Å². The molecule has 0 bridgehead atoms. The number of likely N-dealkylation sites (tertiary alicyclic amines) is 1. The topological polar surface area (TPSA) is 46.2 Å². The zero-order valence-corrected chi connectivity index (χ0v) is 13.6. The Kier molecular flexibility index (Phi) is 5.35. The van der Waals surface area contributed by atoms with E-state index in [1.165, 1.54) is 19.3 Å².